The third kappa shape index (κ3) is 2.11. The van der Waals surface area contributed by atoms with Crippen molar-refractivity contribution >= 4 is 17.7 Å². The SMILES string of the molecule is O=C(O)C1(Sc2nccc(=O)[nH]2)CCCC1. The maximum atomic E-state index is 11.3. The molecule has 0 aliphatic heterocycles. The molecule has 16 heavy (non-hydrogen) atoms. The first-order valence-corrected chi connectivity index (χ1v) is 5.92. The molecule has 6 heteroatoms. The molecule has 5 nitrogen and oxygen atoms in total. The predicted octanol–water partition coefficient (Wildman–Crippen LogP) is 1.26. The average molecular weight is 240 g/mol. The maximum absolute atomic E-state index is 11.3. The van der Waals surface area contributed by atoms with E-state index in [0.717, 1.165) is 24.6 Å². The van der Waals surface area contributed by atoms with Crippen LogP contribution in [0.15, 0.2) is 22.2 Å². The summed E-state index contributed by atoms with van der Waals surface area (Å²) < 4.78 is -0.808. The van der Waals surface area contributed by atoms with Gasteiger partial charge in [-0.3, -0.25) is 9.59 Å². The zero-order valence-electron chi connectivity index (χ0n) is 8.60. The van der Waals surface area contributed by atoms with Gasteiger partial charge in [-0.05, 0) is 12.8 Å². The van der Waals surface area contributed by atoms with Crippen LogP contribution < -0.4 is 5.56 Å². The minimum Gasteiger partial charge on any atom is -0.480 e. The van der Waals surface area contributed by atoms with E-state index in [1.807, 2.05) is 0 Å². The highest BCUT2D eigenvalue weighted by molar-refractivity contribution is 8.01. The van der Waals surface area contributed by atoms with Gasteiger partial charge in [0.05, 0.1) is 0 Å². The molecule has 0 bridgehead atoms. The van der Waals surface area contributed by atoms with Crippen LogP contribution in [0.1, 0.15) is 25.7 Å². The lowest BCUT2D eigenvalue weighted by Gasteiger charge is -2.21. The van der Waals surface area contributed by atoms with Crippen molar-refractivity contribution in [1.29, 1.82) is 0 Å². The van der Waals surface area contributed by atoms with Crippen molar-refractivity contribution in [2.45, 2.75) is 35.6 Å². The number of aromatic amines is 1. The third-order valence-electron chi connectivity index (χ3n) is 2.74. The number of H-pyrrole nitrogens is 1. The van der Waals surface area contributed by atoms with Crippen LogP contribution in [-0.2, 0) is 4.79 Å². The summed E-state index contributed by atoms with van der Waals surface area (Å²) in [6.07, 6.45) is 4.48. The van der Waals surface area contributed by atoms with Gasteiger partial charge in [-0.2, -0.15) is 0 Å². The highest BCUT2D eigenvalue weighted by Crippen LogP contribution is 2.44. The van der Waals surface area contributed by atoms with Gasteiger partial charge in [0.1, 0.15) is 4.75 Å². The van der Waals surface area contributed by atoms with E-state index < -0.39 is 10.7 Å². The molecule has 86 valence electrons. The number of rotatable bonds is 3. The molecule has 2 rings (SSSR count). The van der Waals surface area contributed by atoms with E-state index >= 15 is 0 Å². The number of nitrogens with zero attached hydrogens (tertiary/aromatic N) is 1. The molecule has 0 radical (unpaired) electrons. The molecule has 0 atom stereocenters. The van der Waals surface area contributed by atoms with Crippen LogP contribution in [-0.4, -0.2) is 25.8 Å². The highest BCUT2D eigenvalue weighted by atomic mass is 32.2. The molecule has 2 N–H and O–H groups in total. The lowest BCUT2D eigenvalue weighted by molar-refractivity contribution is -0.139. The summed E-state index contributed by atoms with van der Waals surface area (Å²) in [4.78, 5) is 28.9. The quantitative estimate of drug-likeness (QED) is 0.777. The number of aromatic nitrogens is 2. The summed E-state index contributed by atoms with van der Waals surface area (Å²) in [7, 11) is 0. The summed E-state index contributed by atoms with van der Waals surface area (Å²) in [6.45, 7) is 0. The van der Waals surface area contributed by atoms with Gasteiger partial charge >= 0.3 is 5.97 Å². The average Bonchev–Trinajstić information content (AvgIpc) is 2.67. The van der Waals surface area contributed by atoms with Gasteiger partial charge in [-0.25, -0.2) is 4.98 Å². The summed E-state index contributed by atoms with van der Waals surface area (Å²) in [5.74, 6) is -0.818. The first kappa shape index (κ1) is 11.2. The van der Waals surface area contributed by atoms with Crippen molar-refractivity contribution in [2.24, 2.45) is 0 Å². The second-order valence-corrected chi connectivity index (χ2v) is 5.22. The van der Waals surface area contributed by atoms with E-state index in [2.05, 4.69) is 9.97 Å². The lowest BCUT2D eigenvalue weighted by Crippen LogP contribution is -2.32. The minimum atomic E-state index is -0.818. The minimum absolute atomic E-state index is 0.254. The summed E-state index contributed by atoms with van der Waals surface area (Å²) in [6, 6.07) is 1.31. The lowest BCUT2D eigenvalue weighted by atomic mass is 10.1. The molecule has 1 fully saturated rings. The Balaban J connectivity index is 2.24. The van der Waals surface area contributed by atoms with Gasteiger partial charge in [0, 0.05) is 12.3 Å². The number of carboxylic acid groups (broad SMARTS) is 1. The molecular weight excluding hydrogens is 228 g/mol. The fraction of sp³-hybridized carbons (Fsp3) is 0.500. The Bertz CT molecular complexity index is 451. The van der Waals surface area contributed by atoms with Crippen LogP contribution in [0.5, 0.6) is 0 Å². The summed E-state index contributed by atoms with van der Waals surface area (Å²) in [5.41, 5.74) is -0.254. The number of hydrogen-bond donors (Lipinski definition) is 2. The summed E-state index contributed by atoms with van der Waals surface area (Å²) in [5, 5.41) is 9.64. The topological polar surface area (TPSA) is 83.0 Å². The van der Waals surface area contributed by atoms with E-state index in [9.17, 15) is 14.7 Å². The Morgan fingerprint density at radius 2 is 2.19 bits per heavy atom. The van der Waals surface area contributed by atoms with Crippen LogP contribution in [0.25, 0.3) is 0 Å². The Morgan fingerprint density at radius 1 is 1.50 bits per heavy atom. The van der Waals surface area contributed by atoms with Crippen molar-refractivity contribution in [1.82, 2.24) is 9.97 Å². The van der Waals surface area contributed by atoms with Crippen molar-refractivity contribution in [3.63, 3.8) is 0 Å². The van der Waals surface area contributed by atoms with Crippen molar-refractivity contribution in [3.05, 3.63) is 22.6 Å². The van der Waals surface area contributed by atoms with Crippen molar-refractivity contribution < 1.29 is 9.90 Å². The van der Waals surface area contributed by atoms with Crippen LogP contribution >= 0.6 is 11.8 Å². The zero-order chi connectivity index (χ0) is 11.6. The molecule has 0 aromatic carbocycles. The fourth-order valence-electron chi connectivity index (χ4n) is 1.89. The van der Waals surface area contributed by atoms with E-state index in [4.69, 9.17) is 0 Å². The van der Waals surface area contributed by atoms with Crippen molar-refractivity contribution in [3.8, 4) is 0 Å². The molecule has 0 saturated heterocycles. The van der Waals surface area contributed by atoms with Gasteiger partial charge in [-0.15, -0.1) is 0 Å². The van der Waals surface area contributed by atoms with E-state index in [1.165, 1.54) is 12.3 Å². The zero-order valence-corrected chi connectivity index (χ0v) is 9.42. The Hall–Kier alpha value is -1.30. The number of thioether (sulfide) groups is 1. The van der Waals surface area contributed by atoms with Gasteiger partial charge in [0.15, 0.2) is 5.16 Å². The Morgan fingerprint density at radius 3 is 2.75 bits per heavy atom. The smallest absolute Gasteiger partial charge is 0.320 e. The molecule has 0 spiro atoms. The molecule has 1 aromatic rings. The Labute approximate surface area is 96.3 Å². The largest absolute Gasteiger partial charge is 0.480 e. The van der Waals surface area contributed by atoms with Gasteiger partial charge < -0.3 is 10.1 Å². The second kappa shape index (κ2) is 4.29. The number of carbonyl (C=O) groups is 1. The number of hydrogen-bond acceptors (Lipinski definition) is 4. The second-order valence-electron chi connectivity index (χ2n) is 3.85. The normalized spacial score (nSPS) is 18.5. The van der Waals surface area contributed by atoms with Crippen LogP contribution in [0.4, 0.5) is 0 Å². The number of carboxylic acids is 1. The number of aliphatic carboxylic acids is 1. The van der Waals surface area contributed by atoms with Crippen LogP contribution in [0.2, 0.25) is 0 Å². The molecule has 1 saturated carbocycles. The first-order valence-electron chi connectivity index (χ1n) is 5.10. The van der Waals surface area contributed by atoms with E-state index in [-0.39, 0.29) is 5.56 Å². The predicted molar refractivity (Wildman–Crippen MR) is 59.5 cm³/mol. The van der Waals surface area contributed by atoms with Crippen LogP contribution in [0.3, 0.4) is 0 Å². The standard InChI is InChI=1S/C10H12N2O3S/c13-7-3-6-11-9(12-7)16-10(8(14)15)4-1-2-5-10/h3,6H,1-2,4-5H2,(H,14,15)(H,11,12,13). The number of nitrogens with one attached hydrogen (secondary N) is 1. The van der Waals surface area contributed by atoms with E-state index in [1.54, 1.807) is 0 Å². The fourth-order valence-corrected chi connectivity index (χ4v) is 3.11. The first-order chi connectivity index (χ1) is 7.62. The highest BCUT2D eigenvalue weighted by Gasteiger charge is 2.43. The molecule has 0 unspecified atom stereocenters. The molecule has 1 aromatic heterocycles. The van der Waals surface area contributed by atoms with Gasteiger partial charge in [0.2, 0.25) is 0 Å². The third-order valence-corrected chi connectivity index (χ3v) is 4.12. The molecule has 1 heterocycles. The summed E-state index contributed by atoms with van der Waals surface area (Å²) >= 11 is 1.15. The molecule has 0 amide bonds. The van der Waals surface area contributed by atoms with Gasteiger partial charge in [0.25, 0.3) is 5.56 Å². The van der Waals surface area contributed by atoms with Crippen molar-refractivity contribution in [2.75, 3.05) is 0 Å². The molecule has 1 aliphatic carbocycles. The maximum Gasteiger partial charge on any atom is 0.320 e. The Kier molecular flexibility index (Phi) is 3.00. The van der Waals surface area contributed by atoms with Crippen LogP contribution in [0, 0.1) is 0 Å². The van der Waals surface area contributed by atoms with Gasteiger partial charge in [-0.1, -0.05) is 24.6 Å². The molecular formula is C10H12N2O3S. The monoisotopic (exact) mass is 240 g/mol. The van der Waals surface area contributed by atoms with E-state index in [0.29, 0.717) is 18.0 Å². The molecule has 1 aliphatic rings.